The maximum atomic E-state index is 4.63. The molecule has 124 valence electrons. The summed E-state index contributed by atoms with van der Waals surface area (Å²) in [4.78, 5) is 4.63. The average molecular weight is 310 g/mol. The molecule has 2 heteroatoms. The van der Waals surface area contributed by atoms with E-state index in [1.54, 1.807) is 0 Å². The lowest BCUT2D eigenvalue weighted by molar-refractivity contribution is 0.639. The lowest BCUT2D eigenvalue weighted by Gasteiger charge is -2.27. The zero-order valence-electron chi connectivity index (χ0n) is 15.2. The summed E-state index contributed by atoms with van der Waals surface area (Å²) >= 11 is 0. The summed E-state index contributed by atoms with van der Waals surface area (Å²) in [6.07, 6.45) is 15.1. The Morgan fingerprint density at radius 2 is 1.48 bits per heavy atom. The molecule has 21 heavy (non-hydrogen) atoms. The third-order valence-electron chi connectivity index (χ3n) is 4.31. The van der Waals surface area contributed by atoms with Crippen molar-refractivity contribution in [1.82, 2.24) is 0 Å². The Labute approximate surface area is 135 Å². The van der Waals surface area contributed by atoms with Crippen LogP contribution >= 0.6 is 0 Å². The molecule has 0 saturated heterocycles. The minimum Gasteiger partial charge on any atom is -0.298 e. The Kier molecular flexibility index (Phi) is 14.3. The van der Waals surface area contributed by atoms with Crippen LogP contribution in [-0.2, 0) is 0 Å². The summed E-state index contributed by atoms with van der Waals surface area (Å²) in [5, 5.41) is 0. The fourth-order valence-corrected chi connectivity index (χ4v) is 7.97. The molecular weight excluding hydrogens is 270 g/mol. The van der Waals surface area contributed by atoms with Crippen LogP contribution in [-0.4, -0.2) is 20.8 Å². The van der Waals surface area contributed by atoms with Crippen LogP contribution in [0.15, 0.2) is 16.8 Å². The molecule has 0 N–H and O–H groups in total. The highest BCUT2D eigenvalue weighted by atomic mass is 28.3. The first kappa shape index (κ1) is 20.6. The number of rotatable bonds is 14. The van der Waals surface area contributed by atoms with Gasteiger partial charge in [0.15, 0.2) is 0 Å². The summed E-state index contributed by atoms with van der Waals surface area (Å²) in [7, 11) is -1.15. The first-order valence-electron chi connectivity index (χ1n) is 9.36. The van der Waals surface area contributed by atoms with E-state index >= 15 is 0 Å². The number of aliphatic imine (C=N–C) groups is 1. The molecule has 0 spiro atoms. The van der Waals surface area contributed by atoms with Gasteiger partial charge in [-0.25, -0.2) is 0 Å². The zero-order chi connectivity index (χ0) is 15.8. The van der Waals surface area contributed by atoms with Gasteiger partial charge in [0.25, 0.3) is 0 Å². The quantitative estimate of drug-likeness (QED) is 0.190. The van der Waals surface area contributed by atoms with E-state index < -0.39 is 8.07 Å². The summed E-state index contributed by atoms with van der Waals surface area (Å²) in [6.45, 7) is 10.2. The second-order valence-electron chi connectivity index (χ2n) is 6.40. The van der Waals surface area contributed by atoms with Crippen LogP contribution in [0.1, 0.15) is 79.1 Å². The standard InChI is InChI=1S/C19H39NSi/c1-5-9-10-11-12-14-20-15-13-19-21(16-6-2,17-7-3)18-8-4/h6,15-16H,5,7-14,17-19H2,1-4H3. The first-order chi connectivity index (χ1) is 10.2. The van der Waals surface area contributed by atoms with Gasteiger partial charge in [0.1, 0.15) is 0 Å². The van der Waals surface area contributed by atoms with Crippen LogP contribution in [0.3, 0.4) is 0 Å². The van der Waals surface area contributed by atoms with Crippen molar-refractivity contribution in [2.24, 2.45) is 4.99 Å². The smallest absolute Gasteiger partial charge is 0.0777 e. The van der Waals surface area contributed by atoms with Gasteiger partial charge in [-0.3, -0.25) is 4.99 Å². The molecule has 0 aliphatic rings. The summed E-state index contributed by atoms with van der Waals surface area (Å²) in [5.74, 6) is 0. The molecule has 1 nitrogen and oxygen atoms in total. The monoisotopic (exact) mass is 309 g/mol. The molecule has 0 saturated carbocycles. The topological polar surface area (TPSA) is 12.4 Å². The van der Waals surface area contributed by atoms with Gasteiger partial charge in [-0.2, -0.15) is 0 Å². The third kappa shape index (κ3) is 10.9. The summed E-state index contributed by atoms with van der Waals surface area (Å²) < 4.78 is 0. The maximum Gasteiger partial charge on any atom is 0.0777 e. The molecule has 0 aliphatic carbocycles. The predicted molar refractivity (Wildman–Crippen MR) is 102 cm³/mol. The number of unbranched alkanes of at least 4 members (excludes halogenated alkanes) is 4. The van der Waals surface area contributed by atoms with E-state index in [9.17, 15) is 0 Å². The van der Waals surface area contributed by atoms with Crippen LogP contribution in [0.4, 0.5) is 0 Å². The summed E-state index contributed by atoms with van der Waals surface area (Å²) in [5.41, 5.74) is 2.60. The van der Waals surface area contributed by atoms with Crippen molar-refractivity contribution in [1.29, 1.82) is 0 Å². The molecule has 0 radical (unpaired) electrons. The lowest BCUT2D eigenvalue weighted by Crippen LogP contribution is -2.31. The SMILES string of the molecule is CC=C[Si](CCC)(CCC)CCC=NCCCCCCC. The van der Waals surface area contributed by atoms with Gasteiger partial charge in [0.2, 0.25) is 0 Å². The zero-order valence-corrected chi connectivity index (χ0v) is 16.2. The molecule has 0 bridgehead atoms. The molecular formula is C19H39NSi. The Morgan fingerprint density at radius 1 is 0.810 bits per heavy atom. The molecule has 0 aromatic rings. The van der Waals surface area contributed by atoms with Gasteiger partial charge >= 0.3 is 0 Å². The normalized spacial score (nSPS) is 12.8. The van der Waals surface area contributed by atoms with E-state index in [0.717, 1.165) is 6.54 Å². The molecule has 0 fully saturated rings. The minimum absolute atomic E-state index is 1.05. The van der Waals surface area contributed by atoms with Gasteiger partial charge < -0.3 is 0 Å². The van der Waals surface area contributed by atoms with Crippen molar-refractivity contribution in [3.8, 4) is 0 Å². The number of nitrogens with zero attached hydrogens (tertiary/aromatic N) is 1. The minimum atomic E-state index is -1.15. The van der Waals surface area contributed by atoms with E-state index in [1.807, 2.05) is 0 Å². The highest BCUT2D eigenvalue weighted by Gasteiger charge is 2.26. The van der Waals surface area contributed by atoms with Gasteiger partial charge in [-0.05, 0) is 32.0 Å². The molecule has 0 rings (SSSR count). The Bertz CT molecular complexity index is 265. The van der Waals surface area contributed by atoms with Gasteiger partial charge in [-0.15, -0.1) is 0 Å². The highest BCUT2D eigenvalue weighted by molar-refractivity contribution is 6.84. The van der Waals surface area contributed by atoms with E-state index in [1.165, 1.54) is 69.5 Å². The molecule has 0 aliphatic heterocycles. The molecule has 0 aromatic carbocycles. The van der Waals surface area contributed by atoms with Gasteiger partial charge in [0.05, 0.1) is 8.07 Å². The highest BCUT2D eigenvalue weighted by Crippen LogP contribution is 2.27. The van der Waals surface area contributed by atoms with Crippen molar-refractivity contribution >= 4 is 14.3 Å². The Hall–Kier alpha value is -0.373. The van der Waals surface area contributed by atoms with Crippen molar-refractivity contribution in [3.63, 3.8) is 0 Å². The van der Waals surface area contributed by atoms with Crippen LogP contribution < -0.4 is 0 Å². The van der Waals surface area contributed by atoms with E-state index in [0.29, 0.717) is 0 Å². The largest absolute Gasteiger partial charge is 0.298 e. The van der Waals surface area contributed by atoms with Gasteiger partial charge in [0, 0.05) is 6.54 Å². The second-order valence-corrected chi connectivity index (χ2v) is 11.0. The molecule has 0 atom stereocenters. The summed E-state index contributed by atoms with van der Waals surface area (Å²) in [6, 6.07) is 4.31. The third-order valence-corrected chi connectivity index (χ3v) is 9.62. The van der Waals surface area contributed by atoms with Crippen molar-refractivity contribution in [3.05, 3.63) is 11.8 Å². The van der Waals surface area contributed by atoms with E-state index in [2.05, 4.69) is 50.7 Å². The molecule has 0 aromatic heterocycles. The average Bonchev–Trinajstić information content (AvgIpc) is 2.46. The lowest BCUT2D eigenvalue weighted by atomic mass is 10.2. The van der Waals surface area contributed by atoms with Crippen LogP contribution in [0.25, 0.3) is 0 Å². The van der Waals surface area contributed by atoms with Crippen molar-refractivity contribution in [2.75, 3.05) is 6.54 Å². The Morgan fingerprint density at radius 3 is 2.05 bits per heavy atom. The first-order valence-corrected chi connectivity index (χ1v) is 12.1. The van der Waals surface area contributed by atoms with Crippen molar-refractivity contribution in [2.45, 2.75) is 97.2 Å². The predicted octanol–water partition coefficient (Wildman–Crippen LogP) is 6.80. The van der Waals surface area contributed by atoms with E-state index in [4.69, 9.17) is 0 Å². The van der Waals surface area contributed by atoms with Crippen LogP contribution in [0, 0.1) is 0 Å². The van der Waals surface area contributed by atoms with E-state index in [-0.39, 0.29) is 0 Å². The molecule has 0 amide bonds. The van der Waals surface area contributed by atoms with Crippen molar-refractivity contribution < 1.29 is 0 Å². The van der Waals surface area contributed by atoms with Gasteiger partial charge in [-0.1, -0.05) is 83.2 Å². The fourth-order valence-electron chi connectivity index (χ4n) is 3.32. The number of allylic oxidation sites excluding steroid dienone is 1. The Balaban J connectivity index is 4.00. The molecule has 0 unspecified atom stereocenters. The fraction of sp³-hybridized carbons (Fsp3) is 0.842. The number of hydrogen-bond acceptors (Lipinski definition) is 1. The van der Waals surface area contributed by atoms with Crippen LogP contribution in [0.5, 0.6) is 0 Å². The number of hydrogen-bond donors (Lipinski definition) is 0. The second kappa shape index (κ2) is 14.6. The molecule has 0 heterocycles. The maximum absolute atomic E-state index is 4.63. The van der Waals surface area contributed by atoms with Crippen LogP contribution in [0.2, 0.25) is 18.1 Å².